The van der Waals surface area contributed by atoms with Crippen LogP contribution in [0.25, 0.3) is 6.08 Å². The van der Waals surface area contributed by atoms with E-state index in [2.05, 4.69) is 32.1 Å². The minimum absolute atomic E-state index is 0.375. The quantitative estimate of drug-likeness (QED) is 0.730. The van der Waals surface area contributed by atoms with E-state index in [-0.39, 0.29) is 0 Å². The highest BCUT2D eigenvalue weighted by molar-refractivity contribution is 7.89. The Morgan fingerprint density at radius 3 is 2.40 bits per heavy atom. The summed E-state index contributed by atoms with van der Waals surface area (Å²) in [6.07, 6.45) is 7.99. The molecule has 1 aromatic carbocycles. The molecule has 0 spiro atoms. The summed E-state index contributed by atoms with van der Waals surface area (Å²) in [4.78, 5) is 11.1. The Balaban J connectivity index is 1.67. The second-order valence-corrected chi connectivity index (χ2v) is 9.46. The van der Waals surface area contributed by atoms with Crippen molar-refractivity contribution in [3.63, 3.8) is 0 Å². The molecule has 0 unspecified atom stereocenters. The molecule has 0 saturated carbocycles. The number of rotatable bonds is 6. The first-order valence-corrected chi connectivity index (χ1v) is 11.8. The third-order valence-electron chi connectivity index (χ3n) is 5.51. The number of nitrogens with one attached hydrogen (secondary N) is 2. The SMILES string of the molecule is C=Cc1cnc(Nc2ccc(S(=O)(=O)N3CCCCC3)c(N3CCNCC3)c2)nc1. The van der Waals surface area contributed by atoms with E-state index in [1.165, 1.54) is 0 Å². The Morgan fingerprint density at radius 2 is 1.73 bits per heavy atom. The zero-order valence-electron chi connectivity index (χ0n) is 17.0. The van der Waals surface area contributed by atoms with Gasteiger partial charge in [0.1, 0.15) is 4.90 Å². The molecule has 2 N–H and O–H groups in total. The molecule has 3 heterocycles. The lowest BCUT2D eigenvalue weighted by molar-refractivity contribution is 0.346. The molecule has 0 amide bonds. The van der Waals surface area contributed by atoms with Gasteiger partial charge in [-0.3, -0.25) is 0 Å². The van der Waals surface area contributed by atoms with E-state index in [9.17, 15) is 8.42 Å². The van der Waals surface area contributed by atoms with Crippen LogP contribution in [0.15, 0.2) is 42.1 Å². The Hall–Kier alpha value is -2.49. The molecule has 0 radical (unpaired) electrons. The van der Waals surface area contributed by atoms with Crippen LogP contribution in [0.3, 0.4) is 0 Å². The largest absolute Gasteiger partial charge is 0.368 e. The van der Waals surface area contributed by atoms with Gasteiger partial charge in [0, 0.05) is 62.9 Å². The molecule has 2 fully saturated rings. The summed E-state index contributed by atoms with van der Waals surface area (Å²) in [5, 5.41) is 6.51. The van der Waals surface area contributed by atoms with E-state index >= 15 is 0 Å². The maximum absolute atomic E-state index is 13.4. The highest BCUT2D eigenvalue weighted by atomic mass is 32.2. The average molecular weight is 429 g/mol. The Morgan fingerprint density at radius 1 is 1.03 bits per heavy atom. The Labute approximate surface area is 178 Å². The van der Waals surface area contributed by atoms with Crippen molar-refractivity contribution in [3.05, 3.63) is 42.7 Å². The van der Waals surface area contributed by atoms with Gasteiger partial charge in [-0.2, -0.15) is 4.31 Å². The first kappa shape index (κ1) is 20.8. The van der Waals surface area contributed by atoms with Crippen LogP contribution in [0.5, 0.6) is 0 Å². The van der Waals surface area contributed by atoms with Crippen molar-refractivity contribution in [2.75, 3.05) is 49.5 Å². The highest BCUT2D eigenvalue weighted by Crippen LogP contribution is 2.33. The van der Waals surface area contributed by atoms with Crippen molar-refractivity contribution in [2.24, 2.45) is 0 Å². The number of aromatic nitrogens is 2. The molecule has 1 aromatic heterocycles. The number of benzene rings is 1. The van der Waals surface area contributed by atoms with E-state index < -0.39 is 10.0 Å². The van der Waals surface area contributed by atoms with Gasteiger partial charge in [-0.1, -0.05) is 19.1 Å². The summed E-state index contributed by atoms with van der Waals surface area (Å²) >= 11 is 0. The number of nitrogens with zero attached hydrogens (tertiary/aromatic N) is 4. The van der Waals surface area contributed by atoms with Gasteiger partial charge < -0.3 is 15.5 Å². The molecule has 0 aliphatic carbocycles. The predicted octanol–water partition coefficient (Wildman–Crippen LogP) is 2.45. The summed E-state index contributed by atoms with van der Waals surface area (Å²) < 4.78 is 28.5. The minimum Gasteiger partial charge on any atom is -0.368 e. The summed E-state index contributed by atoms with van der Waals surface area (Å²) in [6, 6.07) is 5.39. The van der Waals surface area contributed by atoms with E-state index in [4.69, 9.17) is 0 Å². The number of hydrogen-bond acceptors (Lipinski definition) is 7. The zero-order chi connectivity index (χ0) is 21.0. The molecule has 2 saturated heterocycles. The Bertz CT molecular complexity index is 981. The fourth-order valence-electron chi connectivity index (χ4n) is 3.85. The molecule has 160 valence electrons. The van der Waals surface area contributed by atoms with Gasteiger partial charge in [-0.25, -0.2) is 18.4 Å². The summed E-state index contributed by atoms with van der Waals surface area (Å²) in [5.74, 6) is 0.457. The van der Waals surface area contributed by atoms with Crippen LogP contribution < -0.4 is 15.5 Å². The smallest absolute Gasteiger partial charge is 0.245 e. The normalized spacial score (nSPS) is 18.2. The van der Waals surface area contributed by atoms with Crippen molar-refractivity contribution < 1.29 is 8.42 Å². The van der Waals surface area contributed by atoms with Gasteiger partial charge in [0.2, 0.25) is 16.0 Å². The predicted molar refractivity (Wildman–Crippen MR) is 120 cm³/mol. The van der Waals surface area contributed by atoms with Crippen LogP contribution in [0.1, 0.15) is 24.8 Å². The molecule has 4 rings (SSSR count). The number of anilines is 3. The van der Waals surface area contributed by atoms with Crippen molar-refractivity contribution >= 4 is 33.4 Å². The minimum atomic E-state index is -3.54. The van der Waals surface area contributed by atoms with Crippen molar-refractivity contribution in [2.45, 2.75) is 24.2 Å². The monoisotopic (exact) mass is 428 g/mol. The summed E-state index contributed by atoms with van der Waals surface area (Å²) in [5.41, 5.74) is 2.33. The van der Waals surface area contributed by atoms with Crippen molar-refractivity contribution in [1.29, 1.82) is 0 Å². The van der Waals surface area contributed by atoms with Crippen LogP contribution in [-0.2, 0) is 10.0 Å². The van der Waals surface area contributed by atoms with Gasteiger partial charge in [0.25, 0.3) is 0 Å². The maximum atomic E-state index is 13.4. The van der Waals surface area contributed by atoms with Gasteiger partial charge in [-0.05, 0) is 31.0 Å². The van der Waals surface area contributed by atoms with Gasteiger partial charge in [-0.15, -0.1) is 0 Å². The lowest BCUT2D eigenvalue weighted by Gasteiger charge is -2.33. The fraction of sp³-hybridized carbons (Fsp3) is 0.429. The van der Waals surface area contributed by atoms with Crippen LogP contribution in [-0.4, -0.2) is 62.0 Å². The molecule has 2 aliphatic rings. The van der Waals surface area contributed by atoms with Gasteiger partial charge in [0.15, 0.2) is 0 Å². The van der Waals surface area contributed by atoms with Gasteiger partial charge in [0.05, 0.1) is 5.69 Å². The molecule has 2 aromatic rings. The van der Waals surface area contributed by atoms with E-state index in [1.807, 2.05) is 6.07 Å². The lowest BCUT2D eigenvalue weighted by atomic mass is 10.2. The fourth-order valence-corrected chi connectivity index (χ4v) is 5.56. The first-order valence-electron chi connectivity index (χ1n) is 10.4. The van der Waals surface area contributed by atoms with Crippen LogP contribution in [0.2, 0.25) is 0 Å². The molecule has 8 nitrogen and oxygen atoms in total. The molecular formula is C21H28N6O2S. The standard InChI is InChI=1S/C21H28N6O2S/c1-2-17-15-23-21(24-16-17)25-18-6-7-20(19(14-18)26-12-8-22-9-13-26)30(28,29)27-10-4-3-5-11-27/h2,6-7,14-16,22H,1,3-5,8-13H2,(H,23,24,25). The third-order valence-corrected chi connectivity index (χ3v) is 7.46. The summed E-state index contributed by atoms with van der Waals surface area (Å²) in [7, 11) is -3.54. The van der Waals surface area contributed by atoms with Crippen LogP contribution in [0, 0.1) is 0 Å². The Kier molecular flexibility index (Phi) is 6.31. The summed E-state index contributed by atoms with van der Waals surface area (Å²) in [6.45, 7) is 8.06. The van der Waals surface area contributed by atoms with E-state index in [0.717, 1.165) is 62.4 Å². The molecule has 9 heteroatoms. The maximum Gasteiger partial charge on any atom is 0.245 e. The molecule has 30 heavy (non-hydrogen) atoms. The average Bonchev–Trinajstić information content (AvgIpc) is 2.80. The highest BCUT2D eigenvalue weighted by Gasteiger charge is 2.30. The second-order valence-electron chi connectivity index (χ2n) is 7.55. The lowest BCUT2D eigenvalue weighted by Crippen LogP contribution is -2.44. The number of piperidine rings is 1. The van der Waals surface area contributed by atoms with Gasteiger partial charge >= 0.3 is 0 Å². The number of sulfonamides is 1. The second kappa shape index (κ2) is 9.11. The molecule has 2 aliphatic heterocycles. The number of piperazine rings is 1. The number of hydrogen-bond donors (Lipinski definition) is 2. The van der Waals surface area contributed by atoms with Crippen LogP contribution in [0.4, 0.5) is 17.3 Å². The van der Waals surface area contributed by atoms with Crippen molar-refractivity contribution in [1.82, 2.24) is 19.6 Å². The third kappa shape index (κ3) is 4.48. The van der Waals surface area contributed by atoms with Crippen LogP contribution >= 0.6 is 0 Å². The molecule has 0 bridgehead atoms. The molecule has 0 atom stereocenters. The van der Waals surface area contributed by atoms with E-state index in [0.29, 0.717) is 23.9 Å². The zero-order valence-corrected chi connectivity index (χ0v) is 17.9. The first-order chi connectivity index (χ1) is 14.6. The topological polar surface area (TPSA) is 90.5 Å². The van der Waals surface area contributed by atoms with E-state index in [1.54, 1.807) is 34.9 Å². The molecular weight excluding hydrogens is 400 g/mol. The van der Waals surface area contributed by atoms with Crippen molar-refractivity contribution in [3.8, 4) is 0 Å².